The Morgan fingerprint density at radius 3 is 2.59 bits per heavy atom. The molecule has 3 N–H and O–H groups in total. The maximum absolute atomic E-state index is 11.9. The van der Waals surface area contributed by atoms with Crippen molar-refractivity contribution in [1.29, 1.82) is 0 Å². The maximum atomic E-state index is 11.9. The maximum Gasteiger partial charge on any atom is 0.168 e. The number of halogens is 1. The molecule has 17 heavy (non-hydrogen) atoms. The number of aliphatic hydroxyl groups is 1. The average molecular weight is 322 g/mol. The van der Waals surface area contributed by atoms with Gasteiger partial charge in [0, 0.05) is 11.4 Å². The van der Waals surface area contributed by atoms with Crippen molar-refractivity contribution in [1.82, 2.24) is 0 Å². The number of nitrogen functional groups attached to an aromatic ring is 1. The molecule has 1 aromatic rings. The number of benzene rings is 1. The van der Waals surface area contributed by atoms with Gasteiger partial charge in [-0.25, -0.2) is 8.42 Å². The minimum Gasteiger partial charge on any atom is -0.399 e. The predicted octanol–water partition coefficient (Wildman–Crippen LogP) is 1.85. The van der Waals surface area contributed by atoms with Gasteiger partial charge in [-0.1, -0.05) is 35.0 Å². The van der Waals surface area contributed by atoms with Crippen molar-refractivity contribution in [2.24, 2.45) is 0 Å². The zero-order valence-electron chi connectivity index (χ0n) is 9.72. The van der Waals surface area contributed by atoms with Gasteiger partial charge in [0.2, 0.25) is 0 Å². The molecule has 0 aliphatic rings. The summed E-state index contributed by atoms with van der Waals surface area (Å²) in [6, 6.07) is 6.56. The molecule has 0 spiro atoms. The third-order valence-electron chi connectivity index (χ3n) is 2.70. The van der Waals surface area contributed by atoms with E-state index in [0.717, 1.165) is 0 Å². The normalized spacial score (nSPS) is 17.4. The van der Waals surface area contributed by atoms with Gasteiger partial charge in [-0.05, 0) is 24.6 Å². The molecule has 0 amide bonds. The molecule has 0 aliphatic carbocycles. The SMILES string of the molecule is CCS(=O)(=O)C(C)(Br)C(O)c1cccc(N)c1. The van der Waals surface area contributed by atoms with Gasteiger partial charge < -0.3 is 10.8 Å². The number of rotatable bonds is 4. The number of aliphatic hydroxyl groups excluding tert-OH is 1. The van der Waals surface area contributed by atoms with E-state index in [1.54, 1.807) is 31.2 Å². The first-order valence-electron chi connectivity index (χ1n) is 5.17. The Kier molecular flexibility index (Phi) is 4.22. The Balaban J connectivity index is 3.17. The van der Waals surface area contributed by atoms with E-state index in [1.165, 1.54) is 6.92 Å². The van der Waals surface area contributed by atoms with Gasteiger partial charge >= 0.3 is 0 Å². The summed E-state index contributed by atoms with van der Waals surface area (Å²) < 4.78 is 22.4. The fourth-order valence-electron chi connectivity index (χ4n) is 1.48. The highest BCUT2D eigenvalue weighted by atomic mass is 79.9. The van der Waals surface area contributed by atoms with Crippen LogP contribution in [0, 0.1) is 0 Å². The topological polar surface area (TPSA) is 80.4 Å². The average Bonchev–Trinajstić information content (AvgIpc) is 2.27. The minimum atomic E-state index is -3.43. The molecule has 0 aliphatic heterocycles. The van der Waals surface area contributed by atoms with Gasteiger partial charge in [0.15, 0.2) is 13.5 Å². The Morgan fingerprint density at radius 2 is 2.12 bits per heavy atom. The Bertz CT molecular complexity index is 499. The highest BCUT2D eigenvalue weighted by molar-refractivity contribution is 9.11. The van der Waals surface area contributed by atoms with Gasteiger partial charge in [-0.2, -0.15) is 0 Å². The van der Waals surface area contributed by atoms with Crippen molar-refractivity contribution < 1.29 is 13.5 Å². The molecule has 0 aromatic heterocycles. The van der Waals surface area contributed by atoms with Crippen LogP contribution in [0.4, 0.5) is 5.69 Å². The highest BCUT2D eigenvalue weighted by Gasteiger charge is 2.42. The lowest BCUT2D eigenvalue weighted by Gasteiger charge is -2.28. The molecular formula is C11H16BrNO3S. The number of anilines is 1. The number of nitrogens with two attached hydrogens (primary N) is 1. The van der Waals surface area contributed by atoms with Crippen LogP contribution in [0.15, 0.2) is 24.3 Å². The van der Waals surface area contributed by atoms with Crippen LogP contribution in [0.2, 0.25) is 0 Å². The lowest BCUT2D eigenvalue weighted by molar-refractivity contribution is 0.167. The van der Waals surface area contributed by atoms with Gasteiger partial charge in [0.1, 0.15) is 6.10 Å². The summed E-state index contributed by atoms with van der Waals surface area (Å²) in [5, 5.41) is 10.2. The Hall–Kier alpha value is -0.590. The Labute approximate surface area is 110 Å². The Morgan fingerprint density at radius 1 is 1.53 bits per heavy atom. The van der Waals surface area contributed by atoms with Crippen LogP contribution in [-0.4, -0.2) is 22.9 Å². The molecule has 0 radical (unpaired) electrons. The van der Waals surface area contributed by atoms with E-state index in [9.17, 15) is 13.5 Å². The molecule has 0 saturated heterocycles. The van der Waals surface area contributed by atoms with Crippen LogP contribution in [0.1, 0.15) is 25.5 Å². The van der Waals surface area contributed by atoms with Crippen LogP contribution in [-0.2, 0) is 9.84 Å². The number of hydrogen-bond donors (Lipinski definition) is 2. The second-order valence-corrected chi connectivity index (χ2v) is 8.79. The molecule has 0 saturated carbocycles. The summed E-state index contributed by atoms with van der Waals surface area (Å²) in [6.07, 6.45) is -1.17. The second kappa shape index (κ2) is 4.96. The summed E-state index contributed by atoms with van der Waals surface area (Å²) in [4.78, 5) is 0. The number of hydrogen-bond acceptors (Lipinski definition) is 4. The first kappa shape index (κ1) is 14.5. The van der Waals surface area contributed by atoms with Crippen molar-refractivity contribution in [3.8, 4) is 0 Å². The summed E-state index contributed by atoms with van der Waals surface area (Å²) in [5.41, 5.74) is 6.56. The molecular weight excluding hydrogens is 306 g/mol. The van der Waals surface area contributed by atoms with Crippen LogP contribution < -0.4 is 5.73 Å². The van der Waals surface area contributed by atoms with Crippen LogP contribution in [0.25, 0.3) is 0 Å². The van der Waals surface area contributed by atoms with E-state index < -0.39 is 19.6 Å². The van der Waals surface area contributed by atoms with E-state index >= 15 is 0 Å². The lowest BCUT2D eigenvalue weighted by Crippen LogP contribution is -2.36. The van der Waals surface area contributed by atoms with E-state index in [1.807, 2.05) is 0 Å². The molecule has 2 unspecified atom stereocenters. The number of alkyl halides is 1. The van der Waals surface area contributed by atoms with Gasteiger partial charge in [0.05, 0.1) is 0 Å². The predicted molar refractivity (Wildman–Crippen MR) is 72.6 cm³/mol. The number of sulfone groups is 1. The van der Waals surface area contributed by atoms with Crippen molar-refractivity contribution in [2.75, 3.05) is 11.5 Å². The zero-order valence-corrected chi connectivity index (χ0v) is 12.1. The highest BCUT2D eigenvalue weighted by Crippen LogP contribution is 2.39. The van der Waals surface area contributed by atoms with Gasteiger partial charge in [-0.15, -0.1) is 0 Å². The molecule has 0 bridgehead atoms. The molecule has 6 heteroatoms. The molecule has 0 heterocycles. The van der Waals surface area contributed by atoms with Crippen molar-refractivity contribution in [2.45, 2.75) is 23.6 Å². The minimum absolute atomic E-state index is 0.0475. The van der Waals surface area contributed by atoms with Crippen LogP contribution in [0.3, 0.4) is 0 Å². The third kappa shape index (κ3) is 2.81. The second-order valence-electron chi connectivity index (χ2n) is 3.96. The fraction of sp³-hybridized carbons (Fsp3) is 0.455. The fourth-order valence-corrected chi connectivity index (χ4v) is 3.47. The summed E-state index contributed by atoms with van der Waals surface area (Å²) >= 11 is 3.11. The van der Waals surface area contributed by atoms with E-state index in [-0.39, 0.29) is 5.75 Å². The molecule has 96 valence electrons. The van der Waals surface area contributed by atoms with Crippen LogP contribution in [0.5, 0.6) is 0 Å². The van der Waals surface area contributed by atoms with Crippen molar-refractivity contribution in [3.63, 3.8) is 0 Å². The molecule has 1 rings (SSSR count). The largest absolute Gasteiger partial charge is 0.399 e. The van der Waals surface area contributed by atoms with Crippen molar-refractivity contribution in [3.05, 3.63) is 29.8 Å². The first-order chi connectivity index (χ1) is 7.72. The van der Waals surface area contributed by atoms with Crippen LogP contribution >= 0.6 is 15.9 Å². The molecule has 2 atom stereocenters. The molecule has 1 aromatic carbocycles. The summed E-state index contributed by atoms with van der Waals surface area (Å²) in [7, 11) is -3.43. The monoisotopic (exact) mass is 321 g/mol. The standard InChI is InChI=1S/C11H16BrNO3S/c1-3-17(15,16)11(2,12)10(14)8-5-4-6-9(13)7-8/h4-7,10,14H,3,13H2,1-2H3. The first-order valence-corrected chi connectivity index (χ1v) is 7.61. The summed E-state index contributed by atoms with van der Waals surface area (Å²) in [5.74, 6) is -0.0475. The van der Waals surface area contributed by atoms with E-state index in [4.69, 9.17) is 5.73 Å². The summed E-state index contributed by atoms with van der Waals surface area (Å²) in [6.45, 7) is 2.99. The quantitative estimate of drug-likeness (QED) is 0.655. The van der Waals surface area contributed by atoms with Crippen molar-refractivity contribution >= 4 is 31.5 Å². The zero-order chi connectivity index (χ0) is 13.3. The van der Waals surface area contributed by atoms with Gasteiger partial charge in [-0.3, -0.25) is 0 Å². The molecule has 0 fully saturated rings. The molecule has 4 nitrogen and oxygen atoms in total. The third-order valence-corrected chi connectivity index (χ3v) is 6.82. The van der Waals surface area contributed by atoms with E-state index in [2.05, 4.69) is 15.9 Å². The van der Waals surface area contributed by atoms with E-state index in [0.29, 0.717) is 11.3 Å². The smallest absolute Gasteiger partial charge is 0.168 e. The lowest BCUT2D eigenvalue weighted by atomic mass is 10.1. The van der Waals surface area contributed by atoms with Gasteiger partial charge in [0.25, 0.3) is 0 Å².